The highest BCUT2D eigenvalue weighted by atomic mass is 16.3. The highest BCUT2D eigenvalue weighted by molar-refractivity contribution is 5.38. The summed E-state index contributed by atoms with van der Waals surface area (Å²) < 4.78 is 0. The monoisotopic (exact) mass is 243 g/mol. The van der Waals surface area contributed by atoms with Crippen LogP contribution in [0.25, 0.3) is 0 Å². The summed E-state index contributed by atoms with van der Waals surface area (Å²) in [6, 6.07) is 7.86. The van der Waals surface area contributed by atoms with E-state index in [1.54, 1.807) is 0 Å². The lowest BCUT2D eigenvalue weighted by molar-refractivity contribution is 0.170. The van der Waals surface area contributed by atoms with Crippen molar-refractivity contribution in [3.63, 3.8) is 0 Å². The molecule has 18 heavy (non-hydrogen) atoms. The molecule has 0 bridgehead atoms. The van der Waals surface area contributed by atoms with Crippen LogP contribution in [0.5, 0.6) is 0 Å². The fraction of sp³-hybridized carbons (Fsp3) is 0.500. The summed E-state index contributed by atoms with van der Waals surface area (Å²) in [5.41, 5.74) is 7.37. The van der Waals surface area contributed by atoms with Crippen molar-refractivity contribution in [2.75, 3.05) is 6.54 Å². The Morgan fingerprint density at radius 2 is 2.11 bits per heavy atom. The summed E-state index contributed by atoms with van der Waals surface area (Å²) in [6.07, 6.45) is 5.23. The lowest BCUT2D eigenvalue weighted by Gasteiger charge is -2.09. The largest absolute Gasteiger partial charge is 0.388 e. The third kappa shape index (κ3) is 3.60. The summed E-state index contributed by atoms with van der Waals surface area (Å²) >= 11 is 0. The third-order valence-electron chi connectivity index (χ3n) is 3.49. The van der Waals surface area contributed by atoms with E-state index in [0.29, 0.717) is 18.9 Å². The standard InChI is InChI=1S/C16H21NO/c17-11-10-16(18)15-7-3-6-14(12-15)9-8-13-4-1-2-5-13/h3,6-7,12-13,16,18H,1-2,4-5,10-11,17H2. The first kappa shape index (κ1) is 13.1. The van der Waals surface area contributed by atoms with Gasteiger partial charge in [-0.25, -0.2) is 0 Å². The van der Waals surface area contributed by atoms with Crippen LogP contribution in [0.2, 0.25) is 0 Å². The van der Waals surface area contributed by atoms with E-state index in [1.165, 1.54) is 25.7 Å². The van der Waals surface area contributed by atoms with Gasteiger partial charge in [-0.1, -0.05) is 36.8 Å². The Labute approximate surface area is 109 Å². The third-order valence-corrected chi connectivity index (χ3v) is 3.49. The molecular formula is C16H21NO. The summed E-state index contributed by atoms with van der Waals surface area (Å²) in [7, 11) is 0. The van der Waals surface area contributed by atoms with Gasteiger partial charge in [-0.05, 0) is 43.5 Å². The molecule has 1 aliphatic carbocycles. The molecule has 1 aliphatic rings. The van der Waals surface area contributed by atoms with E-state index in [0.717, 1.165) is 11.1 Å². The van der Waals surface area contributed by atoms with Gasteiger partial charge in [-0.15, -0.1) is 0 Å². The van der Waals surface area contributed by atoms with Gasteiger partial charge in [0.25, 0.3) is 0 Å². The van der Waals surface area contributed by atoms with Crippen LogP contribution >= 0.6 is 0 Å². The molecule has 0 radical (unpaired) electrons. The van der Waals surface area contributed by atoms with E-state index < -0.39 is 6.10 Å². The summed E-state index contributed by atoms with van der Waals surface area (Å²) in [4.78, 5) is 0. The number of aliphatic hydroxyl groups is 1. The molecule has 2 rings (SSSR count). The smallest absolute Gasteiger partial charge is 0.0802 e. The van der Waals surface area contributed by atoms with Gasteiger partial charge in [0.15, 0.2) is 0 Å². The first-order chi connectivity index (χ1) is 8.79. The summed E-state index contributed by atoms with van der Waals surface area (Å²) in [5.74, 6) is 7.14. The Morgan fingerprint density at radius 3 is 2.83 bits per heavy atom. The first-order valence-electron chi connectivity index (χ1n) is 6.79. The minimum atomic E-state index is -0.469. The molecule has 1 saturated carbocycles. The van der Waals surface area contributed by atoms with Crippen molar-refractivity contribution < 1.29 is 5.11 Å². The van der Waals surface area contributed by atoms with Gasteiger partial charge >= 0.3 is 0 Å². The van der Waals surface area contributed by atoms with Gasteiger partial charge in [0.05, 0.1) is 6.10 Å². The van der Waals surface area contributed by atoms with Gasteiger partial charge in [-0.2, -0.15) is 0 Å². The maximum atomic E-state index is 9.90. The SMILES string of the molecule is NCCC(O)c1cccc(C#CC2CCCC2)c1. The highest BCUT2D eigenvalue weighted by Gasteiger charge is 2.11. The van der Waals surface area contributed by atoms with Gasteiger partial charge in [0, 0.05) is 11.5 Å². The predicted molar refractivity (Wildman–Crippen MR) is 73.9 cm³/mol. The van der Waals surface area contributed by atoms with E-state index in [-0.39, 0.29) is 0 Å². The van der Waals surface area contributed by atoms with Gasteiger partial charge in [0.2, 0.25) is 0 Å². The zero-order chi connectivity index (χ0) is 12.8. The van der Waals surface area contributed by atoms with Crippen molar-refractivity contribution in [1.29, 1.82) is 0 Å². The number of nitrogens with two attached hydrogens (primary N) is 1. The zero-order valence-corrected chi connectivity index (χ0v) is 10.7. The number of hydrogen-bond donors (Lipinski definition) is 2. The lowest BCUT2D eigenvalue weighted by Crippen LogP contribution is -2.06. The number of aliphatic hydroxyl groups excluding tert-OH is 1. The number of rotatable bonds is 3. The fourth-order valence-corrected chi connectivity index (χ4v) is 2.40. The van der Waals surface area contributed by atoms with E-state index in [9.17, 15) is 5.11 Å². The Kier molecular flexibility index (Phi) is 4.81. The molecule has 0 aliphatic heterocycles. The first-order valence-corrected chi connectivity index (χ1v) is 6.79. The van der Waals surface area contributed by atoms with Crippen LogP contribution in [0.1, 0.15) is 49.3 Å². The van der Waals surface area contributed by atoms with Crippen LogP contribution in [-0.2, 0) is 0 Å². The molecule has 1 aromatic carbocycles. The molecule has 1 unspecified atom stereocenters. The Hall–Kier alpha value is -1.30. The molecule has 1 fully saturated rings. The normalized spacial score (nSPS) is 17.2. The Balaban J connectivity index is 2.06. The van der Waals surface area contributed by atoms with Gasteiger partial charge in [0.1, 0.15) is 0 Å². The molecule has 0 spiro atoms. The van der Waals surface area contributed by atoms with E-state index in [2.05, 4.69) is 11.8 Å². The predicted octanol–water partition coefficient (Wildman–Crippen LogP) is 2.61. The fourth-order valence-electron chi connectivity index (χ4n) is 2.40. The van der Waals surface area contributed by atoms with Crippen molar-refractivity contribution in [2.24, 2.45) is 11.7 Å². The molecule has 0 aromatic heterocycles. The topological polar surface area (TPSA) is 46.2 Å². The van der Waals surface area contributed by atoms with Crippen molar-refractivity contribution >= 4 is 0 Å². The average Bonchev–Trinajstić information content (AvgIpc) is 2.90. The second-order valence-electron chi connectivity index (χ2n) is 4.97. The quantitative estimate of drug-likeness (QED) is 0.802. The maximum Gasteiger partial charge on any atom is 0.0802 e. The Morgan fingerprint density at radius 1 is 1.33 bits per heavy atom. The minimum Gasteiger partial charge on any atom is -0.388 e. The molecule has 0 saturated heterocycles. The molecule has 0 amide bonds. The Bertz CT molecular complexity index is 438. The van der Waals surface area contributed by atoms with Crippen molar-refractivity contribution in [2.45, 2.75) is 38.2 Å². The van der Waals surface area contributed by atoms with Crippen LogP contribution in [0.3, 0.4) is 0 Å². The van der Waals surface area contributed by atoms with E-state index in [1.807, 2.05) is 24.3 Å². The zero-order valence-electron chi connectivity index (χ0n) is 10.7. The minimum absolute atomic E-state index is 0.469. The van der Waals surface area contributed by atoms with Crippen LogP contribution in [0.4, 0.5) is 0 Å². The summed E-state index contributed by atoms with van der Waals surface area (Å²) in [6.45, 7) is 0.499. The van der Waals surface area contributed by atoms with E-state index >= 15 is 0 Å². The van der Waals surface area contributed by atoms with Gasteiger partial charge < -0.3 is 10.8 Å². The van der Waals surface area contributed by atoms with Crippen LogP contribution in [0.15, 0.2) is 24.3 Å². The van der Waals surface area contributed by atoms with Crippen molar-refractivity contribution in [3.8, 4) is 11.8 Å². The molecule has 2 heteroatoms. The number of benzene rings is 1. The molecular weight excluding hydrogens is 222 g/mol. The molecule has 0 heterocycles. The molecule has 3 N–H and O–H groups in total. The van der Waals surface area contributed by atoms with Gasteiger partial charge in [-0.3, -0.25) is 0 Å². The second-order valence-corrected chi connectivity index (χ2v) is 4.97. The molecule has 2 nitrogen and oxygen atoms in total. The van der Waals surface area contributed by atoms with Crippen molar-refractivity contribution in [1.82, 2.24) is 0 Å². The lowest BCUT2D eigenvalue weighted by atomic mass is 10.0. The van der Waals surface area contributed by atoms with Crippen LogP contribution in [0, 0.1) is 17.8 Å². The number of hydrogen-bond acceptors (Lipinski definition) is 2. The highest BCUT2D eigenvalue weighted by Crippen LogP contribution is 2.24. The van der Waals surface area contributed by atoms with Crippen molar-refractivity contribution in [3.05, 3.63) is 35.4 Å². The van der Waals surface area contributed by atoms with E-state index in [4.69, 9.17) is 5.73 Å². The molecule has 96 valence electrons. The molecule has 1 atom stereocenters. The summed E-state index contributed by atoms with van der Waals surface area (Å²) in [5, 5.41) is 9.90. The van der Waals surface area contributed by atoms with Crippen LogP contribution in [-0.4, -0.2) is 11.7 Å². The maximum absolute atomic E-state index is 9.90. The molecule has 1 aromatic rings. The second kappa shape index (κ2) is 6.58. The van der Waals surface area contributed by atoms with Crippen LogP contribution < -0.4 is 5.73 Å². The average molecular weight is 243 g/mol.